The fourth-order valence-electron chi connectivity index (χ4n) is 2.55. The number of hydrogen-bond acceptors (Lipinski definition) is 5. The molecule has 6 nitrogen and oxygen atoms in total. The summed E-state index contributed by atoms with van der Waals surface area (Å²) in [6.07, 6.45) is 4.49. The van der Waals surface area contributed by atoms with Crippen LogP contribution in [-0.2, 0) is 17.8 Å². The molecule has 0 unspecified atom stereocenters. The van der Waals surface area contributed by atoms with Crippen LogP contribution in [0.2, 0.25) is 0 Å². The maximum Gasteiger partial charge on any atom is 0.180 e. The van der Waals surface area contributed by atoms with Crippen molar-refractivity contribution in [3.8, 4) is 11.5 Å². The predicted octanol–water partition coefficient (Wildman–Crippen LogP) is 2.43. The molecule has 0 saturated carbocycles. The van der Waals surface area contributed by atoms with Gasteiger partial charge in [-0.2, -0.15) is 0 Å². The molecule has 0 aliphatic carbocycles. The third-order valence-electron chi connectivity index (χ3n) is 3.62. The van der Waals surface area contributed by atoms with Crippen molar-refractivity contribution in [2.45, 2.75) is 39.8 Å². The van der Waals surface area contributed by atoms with Crippen molar-refractivity contribution in [2.24, 2.45) is 0 Å². The number of nitrogens with one attached hydrogen (secondary N) is 1. The number of ether oxygens (including phenoxy) is 1. The van der Waals surface area contributed by atoms with Gasteiger partial charge in [0, 0.05) is 24.6 Å². The van der Waals surface area contributed by atoms with Gasteiger partial charge in [0.2, 0.25) is 0 Å². The molecule has 0 atom stereocenters. The SMILES string of the molecule is CCNc1nc(-c2cncn2C(C)C)nc2c1COCC2. The number of anilines is 1. The van der Waals surface area contributed by atoms with E-state index in [9.17, 15) is 0 Å². The van der Waals surface area contributed by atoms with Crippen LogP contribution in [0.25, 0.3) is 11.5 Å². The van der Waals surface area contributed by atoms with Crippen LogP contribution >= 0.6 is 0 Å². The summed E-state index contributed by atoms with van der Waals surface area (Å²) in [7, 11) is 0. The number of hydrogen-bond donors (Lipinski definition) is 1. The fourth-order valence-corrected chi connectivity index (χ4v) is 2.55. The van der Waals surface area contributed by atoms with Gasteiger partial charge in [0.15, 0.2) is 5.82 Å². The van der Waals surface area contributed by atoms with Crippen LogP contribution in [0.3, 0.4) is 0 Å². The maximum atomic E-state index is 5.54. The summed E-state index contributed by atoms with van der Waals surface area (Å²) in [4.78, 5) is 13.7. The minimum Gasteiger partial charge on any atom is -0.376 e. The molecule has 2 aromatic heterocycles. The summed E-state index contributed by atoms with van der Waals surface area (Å²) in [6.45, 7) is 8.45. The van der Waals surface area contributed by atoms with Crippen molar-refractivity contribution in [3.63, 3.8) is 0 Å². The summed E-state index contributed by atoms with van der Waals surface area (Å²) in [5.41, 5.74) is 3.12. The van der Waals surface area contributed by atoms with E-state index in [0.29, 0.717) is 12.6 Å². The first kappa shape index (κ1) is 14.0. The summed E-state index contributed by atoms with van der Waals surface area (Å²) in [5.74, 6) is 1.62. The Balaban J connectivity index is 2.10. The molecular weight excluding hydrogens is 266 g/mol. The molecule has 0 aromatic carbocycles. The van der Waals surface area contributed by atoms with Gasteiger partial charge in [-0.25, -0.2) is 15.0 Å². The molecule has 0 radical (unpaired) electrons. The van der Waals surface area contributed by atoms with Gasteiger partial charge in [-0.15, -0.1) is 0 Å². The normalized spacial score (nSPS) is 14.3. The molecule has 0 spiro atoms. The van der Waals surface area contributed by atoms with E-state index in [1.54, 1.807) is 0 Å². The summed E-state index contributed by atoms with van der Waals surface area (Å²) < 4.78 is 7.63. The topological polar surface area (TPSA) is 64.9 Å². The molecule has 1 N–H and O–H groups in total. The minimum atomic E-state index is 0.327. The van der Waals surface area contributed by atoms with Crippen molar-refractivity contribution in [1.82, 2.24) is 19.5 Å². The van der Waals surface area contributed by atoms with E-state index in [1.807, 2.05) is 12.5 Å². The van der Waals surface area contributed by atoms with E-state index < -0.39 is 0 Å². The third-order valence-corrected chi connectivity index (χ3v) is 3.62. The highest BCUT2D eigenvalue weighted by molar-refractivity contribution is 5.57. The fraction of sp³-hybridized carbons (Fsp3) is 0.533. The molecule has 0 saturated heterocycles. The second-order valence-corrected chi connectivity index (χ2v) is 5.43. The first-order valence-corrected chi connectivity index (χ1v) is 7.44. The predicted molar refractivity (Wildman–Crippen MR) is 81.2 cm³/mol. The molecule has 1 aliphatic rings. The summed E-state index contributed by atoms with van der Waals surface area (Å²) in [6, 6.07) is 0.327. The largest absolute Gasteiger partial charge is 0.376 e. The first-order chi connectivity index (χ1) is 10.2. The number of aromatic nitrogens is 4. The Labute approximate surface area is 124 Å². The summed E-state index contributed by atoms with van der Waals surface area (Å²) in [5, 5.41) is 3.33. The van der Waals surface area contributed by atoms with E-state index in [2.05, 4.69) is 35.6 Å². The Bertz CT molecular complexity index is 635. The lowest BCUT2D eigenvalue weighted by Gasteiger charge is -2.20. The van der Waals surface area contributed by atoms with Crippen LogP contribution in [-0.4, -0.2) is 32.7 Å². The van der Waals surface area contributed by atoms with Gasteiger partial charge in [-0.3, -0.25) is 0 Å². The standard InChI is InChI=1S/C15H21N5O/c1-4-17-14-11-8-21-6-5-12(11)18-15(19-14)13-7-16-9-20(13)10(2)3/h7,9-10H,4-6,8H2,1-3H3,(H,17,18,19). The first-order valence-electron chi connectivity index (χ1n) is 7.44. The van der Waals surface area contributed by atoms with Crippen molar-refractivity contribution < 1.29 is 4.74 Å². The van der Waals surface area contributed by atoms with Crippen LogP contribution in [0.4, 0.5) is 5.82 Å². The molecule has 6 heteroatoms. The highest BCUT2D eigenvalue weighted by Crippen LogP contribution is 2.27. The van der Waals surface area contributed by atoms with E-state index in [0.717, 1.165) is 48.2 Å². The Kier molecular flexibility index (Phi) is 3.88. The maximum absolute atomic E-state index is 5.54. The lowest BCUT2D eigenvalue weighted by molar-refractivity contribution is 0.109. The van der Waals surface area contributed by atoms with Crippen LogP contribution in [0.5, 0.6) is 0 Å². The molecule has 3 rings (SSSR count). The van der Waals surface area contributed by atoms with Gasteiger partial charge in [-0.05, 0) is 20.8 Å². The molecule has 2 aromatic rings. The Morgan fingerprint density at radius 1 is 1.38 bits per heavy atom. The molecule has 0 amide bonds. The zero-order valence-corrected chi connectivity index (χ0v) is 12.8. The number of rotatable bonds is 4. The molecular formula is C15H21N5O. The zero-order chi connectivity index (χ0) is 14.8. The van der Waals surface area contributed by atoms with Gasteiger partial charge in [0.25, 0.3) is 0 Å². The van der Waals surface area contributed by atoms with Crippen LogP contribution < -0.4 is 5.32 Å². The van der Waals surface area contributed by atoms with E-state index >= 15 is 0 Å². The Morgan fingerprint density at radius 2 is 2.24 bits per heavy atom. The van der Waals surface area contributed by atoms with Gasteiger partial charge in [0.1, 0.15) is 11.5 Å². The average Bonchev–Trinajstić information content (AvgIpc) is 2.97. The minimum absolute atomic E-state index is 0.327. The third kappa shape index (κ3) is 2.63. The van der Waals surface area contributed by atoms with Crippen LogP contribution in [0.15, 0.2) is 12.5 Å². The van der Waals surface area contributed by atoms with E-state index in [4.69, 9.17) is 14.7 Å². The van der Waals surface area contributed by atoms with Crippen molar-refractivity contribution in [3.05, 3.63) is 23.8 Å². The molecule has 21 heavy (non-hydrogen) atoms. The number of imidazole rings is 1. The molecule has 0 fully saturated rings. The van der Waals surface area contributed by atoms with E-state index in [1.165, 1.54) is 0 Å². The van der Waals surface area contributed by atoms with Gasteiger partial charge < -0.3 is 14.6 Å². The van der Waals surface area contributed by atoms with Crippen molar-refractivity contribution in [1.29, 1.82) is 0 Å². The van der Waals surface area contributed by atoms with Crippen LogP contribution in [0.1, 0.15) is 38.1 Å². The number of nitrogens with zero attached hydrogens (tertiary/aromatic N) is 4. The molecule has 0 bridgehead atoms. The van der Waals surface area contributed by atoms with Crippen molar-refractivity contribution in [2.75, 3.05) is 18.5 Å². The molecule has 3 heterocycles. The average molecular weight is 287 g/mol. The van der Waals surface area contributed by atoms with E-state index in [-0.39, 0.29) is 0 Å². The monoisotopic (exact) mass is 287 g/mol. The van der Waals surface area contributed by atoms with Gasteiger partial charge in [-0.1, -0.05) is 0 Å². The highest BCUT2D eigenvalue weighted by Gasteiger charge is 2.20. The smallest absolute Gasteiger partial charge is 0.180 e. The summed E-state index contributed by atoms with van der Waals surface area (Å²) >= 11 is 0. The van der Waals surface area contributed by atoms with Gasteiger partial charge >= 0.3 is 0 Å². The lowest BCUT2D eigenvalue weighted by atomic mass is 10.1. The zero-order valence-electron chi connectivity index (χ0n) is 12.8. The van der Waals surface area contributed by atoms with Crippen LogP contribution in [0, 0.1) is 0 Å². The molecule has 112 valence electrons. The highest BCUT2D eigenvalue weighted by atomic mass is 16.5. The quantitative estimate of drug-likeness (QED) is 0.935. The van der Waals surface area contributed by atoms with Crippen molar-refractivity contribution >= 4 is 5.82 Å². The second kappa shape index (κ2) is 5.81. The number of fused-ring (bicyclic) bond motifs is 1. The second-order valence-electron chi connectivity index (χ2n) is 5.43. The Morgan fingerprint density at radius 3 is 3.00 bits per heavy atom. The Hall–Kier alpha value is -1.95. The molecule has 1 aliphatic heterocycles. The lowest BCUT2D eigenvalue weighted by Crippen LogP contribution is -2.17. The van der Waals surface area contributed by atoms with Gasteiger partial charge in [0.05, 0.1) is 31.4 Å².